The molecule has 0 spiro atoms. The second kappa shape index (κ2) is 10.5. The molecule has 1 N–H and O–H groups in total. The first kappa shape index (κ1) is 22.3. The molecule has 28 heavy (non-hydrogen) atoms. The number of pyridine rings is 1. The fourth-order valence-electron chi connectivity index (χ4n) is 2.87. The van der Waals surface area contributed by atoms with E-state index in [0.717, 1.165) is 30.5 Å². The van der Waals surface area contributed by atoms with Gasteiger partial charge in [0.2, 0.25) is 5.88 Å². The van der Waals surface area contributed by atoms with Crippen molar-refractivity contribution in [3.05, 3.63) is 35.9 Å². The summed E-state index contributed by atoms with van der Waals surface area (Å²) in [5.74, 6) is 0.348. The SMILES string of the molecule is CCN(CC)CCNC(=O)c1cc(OCCO[Si](C)(C)C)nc2ccccc12. The minimum atomic E-state index is -1.57. The van der Waals surface area contributed by atoms with E-state index in [1.165, 1.54) is 0 Å². The summed E-state index contributed by atoms with van der Waals surface area (Å²) < 4.78 is 11.6. The van der Waals surface area contributed by atoms with Gasteiger partial charge in [0.15, 0.2) is 8.32 Å². The molecule has 0 aliphatic carbocycles. The van der Waals surface area contributed by atoms with Gasteiger partial charge in [0, 0.05) is 24.5 Å². The molecule has 0 fully saturated rings. The Bertz CT molecular complexity index is 773. The molecular weight excluding hydrogens is 370 g/mol. The summed E-state index contributed by atoms with van der Waals surface area (Å²) in [6.07, 6.45) is 0. The molecule has 6 nitrogen and oxygen atoms in total. The molecule has 1 aromatic heterocycles. The molecule has 0 atom stereocenters. The number of carbonyl (C=O) groups excluding carboxylic acids is 1. The highest BCUT2D eigenvalue weighted by atomic mass is 28.4. The minimum Gasteiger partial charge on any atom is -0.475 e. The predicted octanol–water partition coefficient (Wildman–Crippen LogP) is 3.54. The van der Waals surface area contributed by atoms with Crippen LogP contribution in [0.3, 0.4) is 0 Å². The molecule has 0 radical (unpaired) electrons. The Hall–Kier alpha value is -1.96. The van der Waals surface area contributed by atoms with Crippen molar-refractivity contribution in [2.75, 3.05) is 39.4 Å². The van der Waals surface area contributed by atoms with Crippen LogP contribution < -0.4 is 10.1 Å². The van der Waals surface area contributed by atoms with Crippen molar-refractivity contribution in [2.45, 2.75) is 33.5 Å². The summed E-state index contributed by atoms with van der Waals surface area (Å²) >= 11 is 0. The van der Waals surface area contributed by atoms with Crippen molar-refractivity contribution in [2.24, 2.45) is 0 Å². The normalized spacial score (nSPS) is 11.8. The monoisotopic (exact) mass is 403 g/mol. The number of rotatable bonds is 11. The van der Waals surface area contributed by atoms with Crippen LogP contribution in [-0.4, -0.2) is 63.5 Å². The van der Waals surface area contributed by atoms with Crippen molar-refractivity contribution in [1.82, 2.24) is 15.2 Å². The maximum Gasteiger partial charge on any atom is 0.252 e. The number of hydrogen-bond acceptors (Lipinski definition) is 5. The maximum atomic E-state index is 12.8. The highest BCUT2D eigenvalue weighted by Crippen LogP contribution is 2.22. The van der Waals surface area contributed by atoms with Crippen LogP contribution >= 0.6 is 0 Å². The number of hydrogen-bond donors (Lipinski definition) is 1. The third kappa shape index (κ3) is 6.89. The van der Waals surface area contributed by atoms with E-state index in [9.17, 15) is 4.79 Å². The summed E-state index contributed by atoms with van der Waals surface area (Å²) in [4.78, 5) is 19.6. The topological polar surface area (TPSA) is 63.7 Å². The zero-order valence-electron chi connectivity index (χ0n) is 17.7. The Morgan fingerprint density at radius 1 is 1.14 bits per heavy atom. The average Bonchev–Trinajstić information content (AvgIpc) is 2.67. The van der Waals surface area contributed by atoms with Gasteiger partial charge in [0.25, 0.3) is 5.91 Å². The number of para-hydroxylation sites is 1. The van der Waals surface area contributed by atoms with Crippen LogP contribution in [0.15, 0.2) is 30.3 Å². The molecule has 0 bridgehead atoms. The zero-order chi connectivity index (χ0) is 20.6. The molecule has 7 heteroatoms. The number of nitrogens with zero attached hydrogens (tertiary/aromatic N) is 2. The molecule has 0 saturated carbocycles. The minimum absolute atomic E-state index is 0.103. The summed E-state index contributed by atoms with van der Waals surface area (Å²) in [5, 5.41) is 3.85. The van der Waals surface area contributed by atoms with Crippen molar-refractivity contribution in [3.63, 3.8) is 0 Å². The van der Waals surface area contributed by atoms with Crippen LogP contribution in [0.1, 0.15) is 24.2 Å². The van der Waals surface area contributed by atoms with Crippen molar-refractivity contribution in [3.8, 4) is 5.88 Å². The second-order valence-electron chi connectivity index (χ2n) is 7.62. The van der Waals surface area contributed by atoms with Crippen molar-refractivity contribution >= 4 is 25.1 Å². The fourth-order valence-corrected chi connectivity index (χ4v) is 3.57. The molecule has 0 aliphatic rings. The van der Waals surface area contributed by atoms with Gasteiger partial charge in [-0.2, -0.15) is 0 Å². The smallest absolute Gasteiger partial charge is 0.252 e. The Kier molecular flexibility index (Phi) is 8.41. The Labute approximate surface area is 169 Å². The number of nitrogens with one attached hydrogen (secondary N) is 1. The van der Waals surface area contributed by atoms with E-state index >= 15 is 0 Å². The lowest BCUT2D eigenvalue weighted by Gasteiger charge is -2.18. The number of amides is 1. The van der Waals surface area contributed by atoms with Gasteiger partial charge in [-0.25, -0.2) is 4.98 Å². The summed E-state index contributed by atoms with van der Waals surface area (Å²) in [6.45, 7) is 15.0. The van der Waals surface area contributed by atoms with E-state index < -0.39 is 8.32 Å². The van der Waals surface area contributed by atoms with Crippen LogP contribution in [0.2, 0.25) is 19.6 Å². The van der Waals surface area contributed by atoms with Crippen LogP contribution in [0.4, 0.5) is 0 Å². The van der Waals surface area contributed by atoms with Crippen molar-refractivity contribution < 1.29 is 14.0 Å². The first-order valence-corrected chi connectivity index (χ1v) is 13.4. The third-order valence-electron chi connectivity index (χ3n) is 4.41. The van der Waals surface area contributed by atoms with Gasteiger partial charge in [0.1, 0.15) is 6.61 Å². The number of likely N-dealkylation sites (N-methyl/N-ethyl adjacent to an activating group) is 1. The van der Waals surface area contributed by atoms with Crippen molar-refractivity contribution in [1.29, 1.82) is 0 Å². The largest absolute Gasteiger partial charge is 0.475 e. The van der Waals surface area contributed by atoms with Crippen LogP contribution in [0.5, 0.6) is 5.88 Å². The number of ether oxygens (including phenoxy) is 1. The number of carbonyl (C=O) groups is 1. The van der Waals surface area contributed by atoms with Gasteiger partial charge in [-0.05, 0) is 38.8 Å². The Balaban J connectivity index is 2.09. The van der Waals surface area contributed by atoms with Crippen LogP contribution in [-0.2, 0) is 4.43 Å². The van der Waals surface area contributed by atoms with Gasteiger partial charge < -0.3 is 19.4 Å². The lowest BCUT2D eigenvalue weighted by molar-refractivity contribution is 0.0950. The van der Waals surface area contributed by atoms with Crippen LogP contribution in [0, 0.1) is 0 Å². The van der Waals surface area contributed by atoms with Gasteiger partial charge in [-0.1, -0.05) is 32.0 Å². The fraction of sp³-hybridized carbons (Fsp3) is 0.524. The third-order valence-corrected chi connectivity index (χ3v) is 5.48. The zero-order valence-corrected chi connectivity index (χ0v) is 18.7. The van der Waals surface area contributed by atoms with Gasteiger partial charge >= 0.3 is 0 Å². The molecule has 0 aliphatic heterocycles. The quantitative estimate of drug-likeness (QED) is 0.459. The second-order valence-corrected chi connectivity index (χ2v) is 12.1. The predicted molar refractivity (Wildman–Crippen MR) is 117 cm³/mol. The molecule has 0 unspecified atom stereocenters. The molecule has 154 valence electrons. The lowest BCUT2D eigenvalue weighted by atomic mass is 10.1. The standard InChI is InChI=1S/C21H33N3O3Si/c1-6-24(7-2)13-12-22-21(25)18-16-20(26-14-15-27-28(3,4)5)23-19-11-9-8-10-17(18)19/h8-11,16H,6-7,12-15H2,1-5H3,(H,22,25). The average molecular weight is 404 g/mol. The Morgan fingerprint density at radius 3 is 2.54 bits per heavy atom. The maximum absolute atomic E-state index is 12.8. The lowest BCUT2D eigenvalue weighted by Crippen LogP contribution is -2.34. The molecule has 1 amide bonds. The molecule has 1 aromatic carbocycles. The van der Waals surface area contributed by atoms with E-state index in [-0.39, 0.29) is 5.91 Å². The van der Waals surface area contributed by atoms with E-state index in [2.05, 4.69) is 48.7 Å². The van der Waals surface area contributed by atoms with E-state index in [4.69, 9.17) is 9.16 Å². The first-order valence-electron chi connectivity index (χ1n) is 10.0. The molecule has 1 heterocycles. The molecular formula is C21H33N3O3Si. The number of aromatic nitrogens is 1. The molecule has 2 aromatic rings. The summed E-state index contributed by atoms with van der Waals surface area (Å²) in [5.41, 5.74) is 1.34. The molecule has 0 saturated heterocycles. The van der Waals surface area contributed by atoms with E-state index in [0.29, 0.717) is 31.2 Å². The number of benzene rings is 1. The summed E-state index contributed by atoms with van der Waals surface area (Å²) in [6, 6.07) is 9.37. The summed E-state index contributed by atoms with van der Waals surface area (Å²) in [7, 11) is -1.57. The van der Waals surface area contributed by atoms with Gasteiger partial charge in [-0.3, -0.25) is 4.79 Å². The van der Waals surface area contributed by atoms with Gasteiger partial charge in [-0.15, -0.1) is 0 Å². The van der Waals surface area contributed by atoms with E-state index in [1.807, 2.05) is 24.3 Å². The molecule has 2 rings (SSSR count). The highest BCUT2D eigenvalue weighted by Gasteiger charge is 2.15. The van der Waals surface area contributed by atoms with Crippen LogP contribution in [0.25, 0.3) is 10.9 Å². The highest BCUT2D eigenvalue weighted by molar-refractivity contribution is 6.69. The van der Waals surface area contributed by atoms with Gasteiger partial charge in [0.05, 0.1) is 17.7 Å². The first-order chi connectivity index (χ1) is 13.3. The Morgan fingerprint density at radius 2 is 1.86 bits per heavy atom. The van der Waals surface area contributed by atoms with E-state index in [1.54, 1.807) is 6.07 Å². The number of fused-ring (bicyclic) bond motifs is 1.